The van der Waals surface area contributed by atoms with Crippen LogP contribution in [0.5, 0.6) is 0 Å². The lowest BCUT2D eigenvalue weighted by atomic mass is 10.2. The summed E-state index contributed by atoms with van der Waals surface area (Å²) < 4.78 is 4.93. The Morgan fingerprint density at radius 2 is 1.81 bits per heavy atom. The molecule has 0 fully saturated rings. The van der Waals surface area contributed by atoms with Crippen LogP contribution in [-0.2, 0) is 16.0 Å². The highest BCUT2D eigenvalue weighted by Gasteiger charge is 2.10. The molecule has 132 valence electrons. The summed E-state index contributed by atoms with van der Waals surface area (Å²) in [7, 11) is 0. The van der Waals surface area contributed by atoms with E-state index in [0.717, 1.165) is 16.3 Å². The highest BCUT2D eigenvalue weighted by atomic mass is 32.1. The molecule has 0 aliphatic rings. The molecule has 5 nitrogen and oxygen atoms in total. The molecular weight excluding hydrogens is 348 g/mol. The first-order valence-electron chi connectivity index (χ1n) is 8.22. The number of carbonyl (C=O) groups excluding carboxylic acids is 2. The van der Waals surface area contributed by atoms with Crippen LogP contribution in [0.4, 0.5) is 5.69 Å². The Kier molecular flexibility index (Phi) is 5.76. The van der Waals surface area contributed by atoms with Gasteiger partial charge in [-0.3, -0.25) is 4.79 Å². The van der Waals surface area contributed by atoms with Gasteiger partial charge < -0.3 is 10.1 Å². The molecule has 2 aromatic carbocycles. The second-order valence-corrected chi connectivity index (χ2v) is 6.39. The molecule has 0 saturated carbocycles. The van der Waals surface area contributed by atoms with Gasteiger partial charge in [0.15, 0.2) is 0 Å². The summed E-state index contributed by atoms with van der Waals surface area (Å²) in [6.45, 7) is 2.09. The van der Waals surface area contributed by atoms with Crippen molar-refractivity contribution in [3.8, 4) is 10.6 Å². The van der Waals surface area contributed by atoms with Gasteiger partial charge in [-0.2, -0.15) is 0 Å². The van der Waals surface area contributed by atoms with Crippen LogP contribution in [0.3, 0.4) is 0 Å². The van der Waals surface area contributed by atoms with Crippen molar-refractivity contribution in [3.63, 3.8) is 0 Å². The number of benzene rings is 2. The molecule has 1 aromatic heterocycles. The molecule has 0 spiro atoms. The van der Waals surface area contributed by atoms with Crippen LogP contribution in [0, 0.1) is 0 Å². The monoisotopic (exact) mass is 366 g/mol. The standard InChI is InChI=1S/C20H18N2O3S/c1-2-25-20(24)15-8-10-16(11-9-15)21-18(23)12-17-13-26-19(22-17)14-6-4-3-5-7-14/h3-11,13H,2,12H2,1H3,(H,21,23). The van der Waals surface area contributed by atoms with Gasteiger partial charge in [0.25, 0.3) is 0 Å². The second-order valence-electron chi connectivity index (χ2n) is 5.53. The zero-order valence-electron chi connectivity index (χ0n) is 14.3. The fourth-order valence-corrected chi connectivity index (χ4v) is 3.20. The Hall–Kier alpha value is -2.99. The third kappa shape index (κ3) is 4.55. The quantitative estimate of drug-likeness (QED) is 0.665. The van der Waals surface area contributed by atoms with Crippen molar-refractivity contribution in [3.05, 3.63) is 71.2 Å². The van der Waals surface area contributed by atoms with E-state index in [0.29, 0.717) is 17.9 Å². The number of aromatic nitrogens is 1. The van der Waals surface area contributed by atoms with E-state index in [-0.39, 0.29) is 18.3 Å². The number of carbonyl (C=O) groups is 2. The smallest absolute Gasteiger partial charge is 0.338 e. The third-order valence-corrected chi connectivity index (χ3v) is 4.53. The minimum atomic E-state index is -0.374. The van der Waals surface area contributed by atoms with Gasteiger partial charge in [0.1, 0.15) is 5.01 Å². The molecule has 0 unspecified atom stereocenters. The van der Waals surface area contributed by atoms with Crippen molar-refractivity contribution in [1.29, 1.82) is 0 Å². The van der Waals surface area contributed by atoms with E-state index in [9.17, 15) is 9.59 Å². The average molecular weight is 366 g/mol. The highest BCUT2D eigenvalue weighted by molar-refractivity contribution is 7.13. The van der Waals surface area contributed by atoms with Crippen molar-refractivity contribution in [2.24, 2.45) is 0 Å². The Bertz CT molecular complexity index is 889. The van der Waals surface area contributed by atoms with Crippen LogP contribution in [0.1, 0.15) is 23.0 Å². The number of nitrogens with one attached hydrogen (secondary N) is 1. The number of anilines is 1. The zero-order valence-corrected chi connectivity index (χ0v) is 15.1. The fourth-order valence-electron chi connectivity index (χ4n) is 2.38. The number of amides is 1. The molecular formula is C20H18N2O3S. The van der Waals surface area contributed by atoms with E-state index in [4.69, 9.17) is 4.74 Å². The third-order valence-electron chi connectivity index (χ3n) is 3.59. The maximum absolute atomic E-state index is 12.2. The molecule has 0 saturated heterocycles. The molecule has 0 atom stereocenters. The zero-order chi connectivity index (χ0) is 18.4. The van der Waals surface area contributed by atoms with Gasteiger partial charge >= 0.3 is 5.97 Å². The summed E-state index contributed by atoms with van der Waals surface area (Å²) in [5.41, 5.74) is 2.85. The lowest BCUT2D eigenvalue weighted by Gasteiger charge is -2.06. The Morgan fingerprint density at radius 3 is 2.50 bits per heavy atom. The Labute approximate surface area is 155 Å². The van der Waals surface area contributed by atoms with Crippen molar-refractivity contribution < 1.29 is 14.3 Å². The van der Waals surface area contributed by atoms with Gasteiger partial charge in [-0.1, -0.05) is 30.3 Å². The summed E-state index contributed by atoms with van der Waals surface area (Å²) in [6.07, 6.45) is 0.197. The molecule has 0 aliphatic carbocycles. The highest BCUT2D eigenvalue weighted by Crippen LogP contribution is 2.23. The van der Waals surface area contributed by atoms with Gasteiger partial charge in [0.05, 0.1) is 24.3 Å². The lowest BCUT2D eigenvalue weighted by molar-refractivity contribution is -0.115. The fraction of sp³-hybridized carbons (Fsp3) is 0.150. The number of rotatable bonds is 6. The average Bonchev–Trinajstić information content (AvgIpc) is 3.11. The maximum atomic E-state index is 12.2. The molecule has 3 aromatic rings. The van der Waals surface area contributed by atoms with Crippen LogP contribution in [0.15, 0.2) is 60.0 Å². The summed E-state index contributed by atoms with van der Waals surface area (Å²) in [4.78, 5) is 28.3. The van der Waals surface area contributed by atoms with Crippen molar-refractivity contribution in [1.82, 2.24) is 4.98 Å². The predicted molar refractivity (Wildman–Crippen MR) is 102 cm³/mol. The van der Waals surface area contributed by atoms with Crippen molar-refractivity contribution in [2.75, 3.05) is 11.9 Å². The summed E-state index contributed by atoms with van der Waals surface area (Å²) in [6, 6.07) is 16.5. The number of hydrogen-bond donors (Lipinski definition) is 1. The number of esters is 1. The minimum Gasteiger partial charge on any atom is -0.462 e. The lowest BCUT2D eigenvalue weighted by Crippen LogP contribution is -2.14. The molecule has 1 heterocycles. The second kappa shape index (κ2) is 8.40. The van der Waals surface area contributed by atoms with Crippen LogP contribution < -0.4 is 5.32 Å². The topological polar surface area (TPSA) is 68.3 Å². The van der Waals surface area contributed by atoms with E-state index < -0.39 is 0 Å². The van der Waals surface area contributed by atoms with Gasteiger partial charge in [-0.15, -0.1) is 11.3 Å². The Morgan fingerprint density at radius 1 is 1.08 bits per heavy atom. The number of thiazole rings is 1. The van der Waals surface area contributed by atoms with Gasteiger partial charge in [-0.05, 0) is 31.2 Å². The molecule has 1 amide bonds. The largest absolute Gasteiger partial charge is 0.462 e. The molecule has 26 heavy (non-hydrogen) atoms. The van der Waals surface area contributed by atoms with E-state index in [1.807, 2.05) is 35.7 Å². The van der Waals surface area contributed by atoms with Gasteiger partial charge in [-0.25, -0.2) is 9.78 Å². The van der Waals surface area contributed by atoms with E-state index in [1.54, 1.807) is 31.2 Å². The Balaban J connectivity index is 1.59. The van der Waals surface area contributed by atoms with Gasteiger partial charge in [0.2, 0.25) is 5.91 Å². The normalized spacial score (nSPS) is 10.3. The summed E-state index contributed by atoms with van der Waals surface area (Å²) in [5.74, 6) is -0.528. The summed E-state index contributed by atoms with van der Waals surface area (Å²) >= 11 is 1.52. The van der Waals surface area contributed by atoms with Crippen molar-refractivity contribution in [2.45, 2.75) is 13.3 Å². The molecule has 3 rings (SSSR count). The van der Waals surface area contributed by atoms with E-state index in [2.05, 4.69) is 10.3 Å². The van der Waals surface area contributed by atoms with Crippen LogP contribution in [0.2, 0.25) is 0 Å². The predicted octanol–water partition coefficient (Wildman–Crippen LogP) is 4.17. The SMILES string of the molecule is CCOC(=O)c1ccc(NC(=O)Cc2csc(-c3ccccc3)n2)cc1. The van der Waals surface area contributed by atoms with E-state index >= 15 is 0 Å². The van der Waals surface area contributed by atoms with Gasteiger partial charge in [0, 0.05) is 16.6 Å². The molecule has 0 radical (unpaired) electrons. The van der Waals surface area contributed by atoms with Crippen LogP contribution in [0.25, 0.3) is 10.6 Å². The van der Waals surface area contributed by atoms with E-state index in [1.165, 1.54) is 11.3 Å². The van der Waals surface area contributed by atoms with Crippen molar-refractivity contribution >= 4 is 28.9 Å². The van der Waals surface area contributed by atoms with Crippen LogP contribution in [-0.4, -0.2) is 23.5 Å². The first-order valence-corrected chi connectivity index (χ1v) is 9.10. The molecule has 6 heteroatoms. The number of hydrogen-bond acceptors (Lipinski definition) is 5. The number of nitrogens with zero attached hydrogens (tertiary/aromatic N) is 1. The first-order chi connectivity index (χ1) is 12.7. The summed E-state index contributed by atoms with van der Waals surface area (Å²) in [5, 5.41) is 5.60. The maximum Gasteiger partial charge on any atom is 0.338 e. The molecule has 0 aliphatic heterocycles. The molecule has 0 bridgehead atoms. The van der Waals surface area contributed by atoms with Crippen LogP contribution >= 0.6 is 11.3 Å². The first kappa shape index (κ1) is 17.8. The minimum absolute atomic E-state index is 0.154. The molecule has 1 N–H and O–H groups in total. The number of ether oxygens (including phenoxy) is 1.